The van der Waals surface area contributed by atoms with Gasteiger partial charge in [-0.3, -0.25) is 0 Å². The molecule has 0 aromatic carbocycles. The maximum atomic E-state index is 5.52. The van der Waals surface area contributed by atoms with E-state index in [0.717, 1.165) is 26.1 Å². The van der Waals surface area contributed by atoms with Gasteiger partial charge in [-0.2, -0.15) is 0 Å². The third-order valence-electron chi connectivity index (χ3n) is 2.34. The predicted molar refractivity (Wildman–Crippen MR) is 70.3 cm³/mol. The van der Waals surface area contributed by atoms with Crippen LogP contribution < -0.4 is 10.1 Å². The first kappa shape index (κ1) is 13.9. The molecule has 0 aliphatic carbocycles. The number of hydrogen-bond acceptors (Lipinski definition) is 4. The number of ether oxygens (including phenoxy) is 1. The summed E-state index contributed by atoms with van der Waals surface area (Å²) in [6.45, 7) is 5.65. The second-order valence-electron chi connectivity index (χ2n) is 4.33. The number of pyridine rings is 1. The molecule has 0 fully saturated rings. The normalized spacial score (nSPS) is 10.8. The van der Waals surface area contributed by atoms with Gasteiger partial charge in [0.1, 0.15) is 6.61 Å². The smallest absolute Gasteiger partial charge is 0.213 e. The van der Waals surface area contributed by atoms with Crippen molar-refractivity contribution in [3.05, 3.63) is 23.9 Å². The molecule has 96 valence electrons. The van der Waals surface area contributed by atoms with Crippen LogP contribution in [-0.4, -0.2) is 43.7 Å². The van der Waals surface area contributed by atoms with E-state index in [1.807, 2.05) is 26.4 Å². The molecule has 0 atom stereocenters. The minimum Gasteiger partial charge on any atom is -0.476 e. The summed E-state index contributed by atoms with van der Waals surface area (Å²) in [5.74, 6) is 0.700. The molecule has 0 radical (unpaired) electrons. The molecule has 1 aromatic rings. The third kappa shape index (κ3) is 6.24. The molecule has 4 heteroatoms. The summed E-state index contributed by atoms with van der Waals surface area (Å²) >= 11 is 0. The van der Waals surface area contributed by atoms with E-state index in [2.05, 4.69) is 28.2 Å². The number of hydrogen-bond donors (Lipinski definition) is 1. The molecule has 0 saturated carbocycles. The second kappa shape index (κ2) is 8.03. The zero-order valence-electron chi connectivity index (χ0n) is 11.1. The van der Waals surface area contributed by atoms with E-state index in [0.29, 0.717) is 12.5 Å². The Morgan fingerprint density at radius 1 is 1.35 bits per heavy atom. The average molecular weight is 237 g/mol. The minimum atomic E-state index is 0.674. The van der Waals surface area contributed by atoms with Gasteiger partial charge in [-0.05, 0) is 32.6 Å². The minimum absolute atomic E-state index is 0.674. The van der Waals surface area contributed by atoms with Crippen molar-refractivity contribution in [1.29, 1.82) is 0 Å². The Morgan fingerprint density at radius 2 is 2.18 bits per heavy atom. The van der Waals surface area contributed by atoms with Crippen LogP contribution in [0.15, 0.2) is 18.3 Å². The first-order valence-corrected chi connectivity index (χ1v) is 6.15. The van der Waals surface area contributed by atoms with Gasteiger partial charge in [-0.25, -0.2) is 4.98 Å². The molecule has 0 amide bonds. The first-order chi connectivity index (χ1) is 8.22. The van der Waals surface area contributed by atoms with Crippen LogP contribution in [0.2, 0.25) is 0 Å². The summed E-state index contributed by atoms with van der Waals surface area (Å²) in [6.07, 6.45) is 3.02. The molecule has 0 unspecified atom stereocenters. The molecule has 1 N–H and O–H groups in total. The summed E-state index contributed by atoms with van der Waals surface area (Å²) in [7, 11) is 4.05. The highest BCUT2D eigenvalue weighted by Gasteiger charge is 1.97. The lowest BCUT2D eigenvalue weighted by Gasteiger charge is -2.10. The quantitative estimate of drug-likeness (QED) is 0.696. The molecule has 1 rings (SSSR count). The topological polar surface area (TPSA) is 37.4 Å². The van der Waals surface area contributed by atoms with Crippen LogP contribution in [0.1, 0.15) is 18.9 Å². The SMILES string of the molecule is CCCNCc1ccc(OCCN(C)C)nc1. The van der Waals surface area contributed by atoms with Gasteiger partial charge in [0.25, 0.3) is 0 Å². The Kier molecular flexibility index (Phi) is 6.58. The van der Waals surface area contributed by atoms with Gasteiger partial charge < -0.3 is 15.0 Å². The van der Waals surface area contributed by atoms with E-state index in [9.17, 15) is 0 Å². The molecular formula is C13H23N3O. The molecule has 1 heterocycles. The van der Waals surface area contributed by atoms with Crippen LogP contribution >= 0.6 is 0 Å². The van der Waals surface area contributed by atoms with Crippen LogP contribution in [0.4, 0.5) is 0 Å². The van der Waals surface area contributed by atoms with E-state index in [1.165, 1.54) is 5.56 Å². The van der Waals surface area contributed by atoms with Gasteiger partial charge in [0.05, 0.1) is 0 Å². The lowest BCUT2D eigenvalue weighted by atomic mass is 10.3. The van der Waals surface area contributed by atoms with Crippen molar-refractivity contribution < 1.29 is 4.74 Å². The Hall–Kier alpha value is -1.13. The van der Waals surface area contributed by atoms with Gasteiger partial charge >= 0.3 is 0 Å². The van der Waals surface area contributed by atoms with Crippen molar-refractivity contribution in [1.82, 2.24) is 15.2 Å². The molecule has 0 bridgehead atoms. The summed E-state index contributed by atoms with van der Waals surface area (Å²) in [6, 6.07) is 3.99. The van der Waals surface area contributed by atoms with Crippen molar-refractivity contribution in [3.8, 4) is 5.88 Å². The Labute approximate surface area is 104 Å². The van der Waals surface area contributed by atoms with E-state index in [1.54, 1.807) is 0 Å². The fourth-order valence-electron chi connectivity index (χ4n) is 1.34. The lowest BCUT2D eigenvalue weighted by molar-refractivity contribution is 0.254. The van der Waals surface area contributed by atoms with E-state index in [-0.39, 0.29) is 0 Å². The van der Waals surface area contributed by atoms with E-state index < -0.39 is 0 Å². The van der Waals surface area contributed by atoms with E-state index >= 15 is 0 Å². The molecule has 4 nitrogen and oxygen atoms in total. The predicted octanol–water partition coefficient (Wildman–Crippen LogP) is 1.52. The molecule has 0 aliphatic heterocycles. The fourth-order valence-corrected chi connectivity index (χ4v) is 1.34. The standard InChI is InChI=1S/C13H23N3O/c1-4-7-14-10-12-5-6-13(15-11-12)17-9-8-16(2)3/h5-6,11,14H,4,7-10H2,1-3H3. The average Bonchev–Trinajstić information content (AvgIpc) is 2.31. The summed E-state index contributed by atoms with van der Waals surface area (Å²) < 4.78 is 5.52. The van der Waals surface area contributed by atoms with Crippen molar-refractivity contribution >= 4 is 0 Å². The third-order valence-corrected chi connectivity index (χ3v) is 2.34. The zero-order chi connectivity index (χ0) is 12.5. The van der Waals surface area contributed by atoms with Gasteiger partial charge in [-0.1, -0.05) is 13.0 Å². The van der Waals surface area contributed by atoms with Gasteiger partial charge in [0, 0.05) is 25.4 Å². The lowest BCUT2D eigenvalue weighted by Crippen LogP contribution is -2.19. The number of aromatic nitrogens is 1. The largest absolute Gasteiger partial charge is 0.476 e. The first-order valence-electron chi connectivity index (χ1n) is 6.15. The zero-order valence-corrected chi connectivity index (χ0v) is 11.1. The Bertz CT molecular complexity index is 298. The molecule has 0 aliphatic rings. The molecular weight excluding hydrogens is 214 g/mol. The highest BCUT2D eigenvalue weighted by atomic mass is 16.5. The highest BCUT2D eigenvalue weighted by molar-refractivity contribution is 5.17. The summed E-state index contributed by atoms with van der Waals surface area (Å²) in [5, 5.41) is 3.34. The number of rotatable bonds is 8. The number of nitrogens with zero attached hydrogens (tertiary/aromatic N) is 2. The van der Waals surface area contributed by atoms with Gasteiger partial charge in [0.15, 0.2) is 0 Å². The summed E-state index contributed by atoms with van der Waals surface area (Å²) in [4.78, 5) is 6.36. The Balaban J connectivity index is 2.29. The molecule has 0 spiro atoms. The molecule has 0 saturated heterocycles. The Morgan fingerprint density at radius 3 is 2.76 bits per heavy atom. The van der Waals surface area contributed by atoms with Crippen molar-refractivity contribution in [3.63, 3.8) is 0 Å². The van der Waals surface area contributed by atoms with Crippen LogP contribution in [0.25, 0.3) is 0 Å². The van der Waals surface area contributed by atoms with Crippen LogP contribution in [0.3, 0.4) is 0 Å². The number of nitrogens with one attached hydrogen (secondary N) is 1. The monoisotopic (exact) mass is 237 g/mol. The van der Waals surface area contributed by atoms with Crippen molar-refractivity contribution in [2.75, 3.05) is 33.8 Å². The van der Waals surface area contributed by atoms with E-state index in [4.69, 9.17) is 4.74 Å². The van der Waals surface area contributed by atoms with Crippen LogP contribution in [-0.2, 0) is 6.54 Å². The summed E-state index contributed by atoms with van der Waals surface area (Å²) in [5.41, 5.74) is 1.19. The van der Waals surface area contributed by atoms with Gasteiger partial charge in [-0.15, -0.1) is 0 Å². The highest BCUT2D eigenvalue weighted by Crippen LogP contribution is 2.07. The van der Waals surface area contributed by atoms with Gasteiger partial charge in [0.2, 0.25) is 5.88 Å². The number of likely N-dealkylation sites (N-methyl/N-ethyl adjacent to an activating group) is 1. The second-order valence-corrected chi connectivity index (χ2v) is 4.33. The van der Waals surface area contributed by atoms with Crippen LogP contribution in [0.5, 0.6) is 5.88 Å². The maximum absolute atomic E-state index is 5.52. The van der Waals surface area contributed by atoms with Crippen LogP contribution in [0, 0.1) is 0 Å². The molecule has 17 heavy (non-hydrogen) atoms. The van der Waals surface area contributed by atoms with Crippen molar-refractivity contribution in [2.24, 2.45) is 0 Å². The fraction of sp³-hybridized carbons (Fsp3) is 0.615. The van der Waals surface area contributed by atoms with Crippen molar-refractivity contribution in [2.45, 2.75) is 19.9 Å². The maximum Gasteiger partial charge on any atom is 0.213 e. The molecule has 1 aromatic heterocycles.